The van der Waals surface area contributed by atoms with E-state index >= 15 is 0 Å². The SMILES string of the molecule is CSC1(CNS(=O)(=O)c2c(C)csc2CNC2CC2)CC1. The summed E-state index contributed by atoms with van der Waals surface area (Å²) in [5.74, 6) is 0. The second-order valence-electron chi connectivity index (χ2n) is 6.04. The second-order valence-corrected chi connectivity index (χ2v) is 9.98. The van der Waals surface area contributed by atoms with E-state index in [-0.39, 0.29) is 4.75 Å². The van der Waals surface area contributed by atoms with Crippen molar-refractivity contribution in [2.45, 2.75) is 54.8 Å². The molecule has 2 saturated carbocycles. The molecule has 0 aromatic carbocycles. The number of hydrogen-bond donors (Lipinski definition) is 2. The predicted molar refractivity (Wildman–Crippen MR) is 89.6 cm³/mol. The molecule has 0 amide bonds. The summed E-state index contributed by atoms with van der Waals surface area (Å²) in [6.07, 6.45) is 6.69. The third kappa shape index (κ3) is 3.64. The Kier molecular flexibility index (Phi) is 4.40. The lowest BCUT2D eigenvalue weighted by atomic mass is 10.3. The van der Waals surface area contributed by atoms with Crippen LogP contribution in [-0.4, -0.2) is 32.0 Å². The number of sulfonamides is 1. The van der Waals surface area contributed by atoms with Gasteiger partial charge >= 0.3 is 0 Å². The molecule has 0 spiro atoms. The minimum absolute atomic E-state index is 0.142. The van der Waals surface area contributed by atoms with Crippen LogP contribution in [0.4, 0.5) is 0 Å². The molecule has 3 rings (SSSR count). The van der Waals surface area contributed by atoms with Crippen molar-refractivity contribution < 1.29 is 8.42 Å². The third-order valence-electron chi connectivity index (χ3n) is 4.21. The Labute approximate surface area is 135 Å². The summed E-state index contributed by atoms with van der Waals surface area (Å²) < 4.78 is 28.3. The number of rotatable bonds is 8. The van der Waals surface area contributed by atoms with Crippen molar-refractivity contribution in [3.05, 3.63) is 15.8 Å². The summed E-state index contributed by atoms with van der Waals surface area (Å²) >= 11 is 3.31. The van der Waals surface area contributed by atoms with Crippen LogP contribution in [0.15, 0.2) is 10.3 Å². The summed E-state index contributed by atoms with van der Waals surface area (Å²) in [6, 6.07) is 0.585. The maximum atomic E-state index is 12.6. The van der Waals surface area contributed by atoms with Gasteiger partial charge in [-0.25, -0.2) is 13.1 Å². The first-order chi connectivity index (χ1) is 9.96. The van der Waals surface area contributed by atoms with Crippen molar-refractivity contribution >= 4 is 33.1 Å². The molecule has 0 unspecified atom stereocenters. The Bertz CT molecular complexity index is 616. The normalized spacial score (nSPS) is 20.7. The molecule has 0 bridgehead atoms. The van der Waals surface area contributed by atoms with Gasteiger partial charge in [-0.15, -0.1) is 11.3 Å². The monoisotopic (exact) mass is 346 g/mol. The molecule has 2 fully saturated rings. The van der Waals surface area contributed by atoms with Gasteiger partial charge in [0.1, 0.15) is 4.90 Å². The summed E-state index contributed by atoms with van der Waals surface area (Å²) in [7, 11) is -3.40. The maximum Gasteiger partial charge on any atom is 0.242 e. The van der Waals surface area contributed by atoms with E-state index in [0.29, 0.717) is 24.0 Å². The highest BCUT2D eigenvalue weighted by Gasteiger charge is 2.42. The zero-order chi connectivity index (χ0) is 15.1. The van der Waals surface area contributed by atoms with E-state index in [9.17, 15) is 8.42 Å². The molecule has 21 heavy (non-hydrogen) atoms. The number of hydrogen-bond acceptors (Lipinski definition) is 5. The van der Waals surface area contributed by atoms with Gasteiger partial charge in [0.05, 0.1) is 0 Å². The zero-order valence-corrected chi connectivity index (χ0v) is 14.9. The molecule has 1 heterocycles. The van der Waals surface area contributed by atoms with Crippen molar-refractivity contribution in [1.82, 2.24) is 10.0 Å². The summed E-state index contributed by atoms with van der Waals surface area (Å²) in [6.45, 7) is 3.08. The van der Waals surface area contributed by atoms with E-state index in [1.165, 1.54) is 12.8 Å². The van der Waals surface area contributed by atoms with Gasteiger partial charge in [0.15, 0.2) is 0 Å². The lowest BCUT2D eigenvalue weighted by molar-refractivity contribution is 0.577. The van der Waals surface area contributed by atoms with E-state index < -0.39 is 10.0 Å². The molecular weight excluding hydrogens is 324 g/mol. The first kappa shape index (κ1) is 15.8. The van der Waals surface area contributed by atoms with Crippen molar-refractivity contribution in [1.29, 1.82) is 0 Å². The van der Waals surface area contributed by atoms with Gasteiger partial charge in [0.2, 0.25) is 10.0 Å². The second kappa shape index (κ2) is 5.85. The molecule has 2 N–H and O–H groups in total. The van der Waals surface area contributed by atoms with Crippen LogP contribution in [0, 0.1) is 6.92 Å². The molecule has 0 atom stereocenters. The summed E-state index contributed by atoms with van der Waals surface area (Å²) in [4.78, 5) is 1.43. The molecule has 1 aromatic heterocycles. The van der Waals surface area contributed by atoms with Crippen LogP contribution in [-0.2, 0) is 16.6 Å². The number of thioether (sulfide) groups is 1. The van der Waals surface area contributed by atoms with E-state index in [1.807, 2.05) is 12.3 Å². The van der Waals surface area contributed by atoms with Gasteiger partial charge in [-0.2, -0.15) is 11.8 Å². The molecule has 7 heteroatoms. The van der Waals surface area contributed by atoms with Gasteiger partial charge in [-0.05, 0) is 49.8 Å². The van der Waals surface area contributed by atoms with E-state index in [0.717, 1.165) is 23.3 Å². The molecule has 1 aromatic rings. The molecule has 0 saturated heterocycles. The average molecular weight is 347 g/mol. The highest BCUT2D eigenvalue weighted by molar-refractivity contribution is 8.00. The standard InChI is InChI=1S/C14H22N2O2S3/c1-10-8-20-12(7-15-11-3-4-11)13(10)21(17,18)16-9-14(19-2)5-6-14/h8,11,15-16H,3-7,9H2,1-2H3. The van der Waals surface area contributed by atoms with Gasteiger partial charge < -0.3 is 5.32 Å². The van der Waals surface area contributed by atoms with E-state index in [4.69, 9.17) is 0 Å². The Morgan fingerprint density at radius 2 is 2.14 bits per heavy atom. The lowest BCUT2D eigenvalue weighted by Crippen LogP contribution is -2.32. The van der Waals surface area contributed by atoms with Crippen LogP contribution in [0.3, 0.4) is 0 Å². The maximum absolute atomic E-state index is 12.6. The van der Waals surface area contributed by atoms with Crippen LogP contribution < -0.4 is 10.0 Å². The summed E-state index contributed by atoms with van der Waals surface area (Å²) in [5, 5.41) is 5.35. The fourth-order valence-electron chi connectivity index (χ4n) is 2.39. The van der Waals surface area contributed by atoms with E-state index in [2.05, 4.69) is 16.3 Å². The fraction of sp³-hybridized carbons (Fsp3) is 0.714. The Morgan fingerprint density at radius 3 is 2.71 bits per heavy atom. The van der Waals surface area contributed by atoms with Crippen molar-refractivity contribution in [3.8, 4) is 0 Å². The summed E-state index contributed by atoms with van der Waals surface area (Å²) in [5.41, 5.74) is 0.856. The molecule has 118 valence electrons. The van der Waals surface area contributed by atoms with Gasteiger partial charge in [0, 0.05) is 28.8 Å². The Balaban J connectivity index is 1.72. The van der Waals surface area contributed by atoms with E-state index in [1.54, 1.807) is 23.1 Å². The van der Waals surface area contributed by atoms with Crippen LogP contribution in [0.2, 0.25) is 0 Å². The lowest BCUT2D eigenvalue weighted by Gasteiger charge is -2.14. The molecular formula is C14H22N2O2S3. The van der Waals surface area contributed by atoms with Crippen molar-refractivity contribution in [3.63, 3.8) is 0 Å². The third-order valence-corrected chi connectivity index (χ3v) is 8.49. The minimum Gasteiger partial charge on any atom is -0.309 e. The van der Waals surface area contributed by atoms with Crippen LogP contribution in [0.5, 0.6) is 0 Å². The van der Waals surface area contributed by atoms with Crippen LogP contribution in [0.1, 0.15) is 36.1 Å². The first-order valence-corrected chi connectivity index (χ1v) is 10.9. The predicted octanol–water partition coefficient (Wildman–Crippen LogP) is 2.48. The molecule has 0 radical (unpaired) electrons. The van der Waals surface area contributed by atoms with Gasteiger partial charge in [-0.1, -0.05) is 0 Å². The van der Waals surface area contributed by atoms with Crippen molar-refractivity contribution in [2.75, 3.05) is 12.8 Å². The Hall–Kier alpha value is -0.0800. The van der Waals surface area contributed by atoms with Crippen LogP contribution in [0.25, 0.3) is 0 Å². The number of thiophene rings is 1. The smallest absolute Gasteiger partial charge is 0.242 e. The topological polar surface area (TPSA) is 58.2 Å². The highest BCUT2D eigenvalue weighted by atomic mass is 32.2. The average Bonchev–Trinajstić information content (AvgIpc) is 3.35. The minimum atomic E-state index is -3.40. The fourth-order valence-corrected chi connectivity index (χ4v) is 6.09. The molecule has 2 aliphatic rings. The van der Waals surface area contributed by atoms with Gasteiger partial charge in [0.25, 0.3) is 0 Å². The first-order valence-electron chi connectivity index (χ1n) is 7.31. The highest BCUT2D eigenvalue weighted by Crippen LogP contribution is 2.46. The molecule has 2 aliphatic carbocycles. The number of aryl methyl sites for hydroxylation is 1. The van der Waals surface area contributed by atoms with Crippen LogP contribution >= 0.6 is 23.1 Å². The molecule has 0 aliphatic heterocycles. The quantitative estimate of drug-likeness (QED) is 0.759. The largest absolute Gasteiger partial charge is 0.309 e. The Morgan fingerprint density at radius 1 is 1.43 bits per heavy atom. The zero-order valence-electron chi connectivity index (χ0n) is 12.4. The van der Waals surface area contributed by atoms with Crippen molar-refractivity contribution in [2.24, 2.45) is 0 Å². The number of nitrogens with one attached hydrogen (secondary N) is 2. The molecule has 4 nitrogen and oxygen atoms in total. The van der Waals surface area contributed by atoms with Gasteiger partial charge in [-0.3, -0.25) is 0 Å².